The summed E-state index contributed by atoms with van der Waals surface area (Å²) in [4.78, 5) is 8.08. The summed E-state index contributed by atoms with van der Waals surface area (Å²) in [6.07, 6.45) is 0. The van der Waals surface area contributed by atoms with Crippen molar-refractivity contribution in [2.24, 2.45) is 5.84 Å². The van der Waals surface area contributed by atoms with Gasteiger partial charge in [-0.2, -0.15) is 4.98 Å². The van der Waals surface area contributed by atoms with Crippen LogP contribution < -0.4 is 16.6 Å². The lowest BCUT2D eigenvalue weighted by molar-refractivity contribution is -0.0373. The lowest BCUT2D eigenvalue weighted by atomic mass is 10.2. The molecule has 102 valence electrons. The summed E-state index contributed by atoms with van der Waals surface area (Å²) in [6, 6.07) is 6.93. The molecule has 19 heavy (non-hydrogen) atoms. The molecule has 5 N–H and O–H groups in total. The SMILES string of the molecule is NNc1nc(NCC(F)(F)CO)c2ccccc2n1. The van der Waals surface area contributed by atoms with Crippen molar-refractivity contribution < 1.29 is 13.9 Å². The van der Waals surface area contributed by atoms with E-state index in [9.17, 15) is 8.78 Å². The third-order valence-corrected chi connectivity index (χ3v) is 2.48. The van der Waals surface area contributed by atoms with Crippen molar-refractivity contribution in [2.75, 3.05) is 23.9 Å². The van der Waals surface area contributed by atoms with Crippen LogP contribution in [-0.2, 0) is 0 Å². The van der Waals surface area contributed by atoms with Crippen LogP contribution in [0.1, 0.15) is 0 Å². The minimum absolute atomic E-state index is 0.119. The van der Waals surface area contributed by atoms with Crippen LogP contribution in [0.3, 0.4) is 0 Å². The molecule has 0 spiro atoms. The molecule has 1 heterocycles. The van der Waals surface area contributed by atoms with E-state index in [1.165, 1.54) is 0 Å². The number of nitrogens with zero attached hydrogens (tertiary/aromatic N) is 2. The van der Waals surface area contributed by atoms with Gasteiger partial charge in [0.2, 0.25) is 5.95 Å². The highest BCUT2D eigenvalue weighted by Crippen LogP contribution is 2.22. The lowest BCUT2D eigenvalue weighted by Crippen LogP contribution is -2.31. The standard InChI is InChI=1S/C11H13F2N5O/c12-11(13,6-19)5-15-9-7-3-1-2-4-8(7)16-10(17-9)18-14/h1-4,19H,5-6,14H2,(H2,15,16,17,18). The summed E-state index contributed by atoms with van der Waals surface area (Å²) in [7, 11) is 0. The van der Waals surface area contributed by atoms with Crippen LogP contribution in [0.15, 0.2) is 24.3 Å². The molecular weight excluding hydrogens is 256 g/mol. The van der Waals surface area contributed by atoms with E-state index in [2.05, 4.69) is 20.7 Å². The predicted octanol–water partition coefficient (Wildman–Crippen LogP) is 0.955. The van der Waals surface area contributed by atoms with Crippen molar-refractivity contribution in [3.8, 4) is 0 Å². The Bertz CT molecular complexity index is 578. The zero-order valence-corrected chi connectivity index (χ0v) is 9.90. The Labute approximate surface area is 107 Å². The number of hydrogen-bond donors (Lipinski definition) is 4. The highest BCUT2D eigenvalue weighted by Gasteiger charge is 2.27. The number of halogens is 2. The number of aliphatic hydroxyl groups excluding tert-OH is 1. The van der Waals surface area contributed by atoms with Gasteiger partial charge in [-0.3, -0.25) is 5.43 Å². The number of para-hydroxylation sites is 1. The monoisotopic (exact) mass is 269 g/mol. The Hall–Kier alpha value is -2.06. The molecule has 0 amide bonds. The Morgan fingerprint density at radius 2 is 2.00 bits per heavy atom. The minimum Gasteiger partial charge on any atom is -0.390 e. The predicted molar refractivity (Wildman–Crippen MR) is 67.9 cm³/mol. The molecule has 6 nitrogen and oxygen atoms in total. The summed E-state index contributed by atoms with van der Waals surface area (Å²) in [5, 5.41) is 11.6. The lowest BCUT2D eigenvalue weighted by Gasteiger charge is -2.15. The van der Waals surface area contributed by atoms with Crippen LogP contribution in [0.2, 0.25) is 0 Å². The van der Waals surface area contributed by atoms with E-state index in [1.54, 1.807) is 24.3 Å². The van der Waals surface area contributed by atoms with Crippen LogP contribution in [0.4, 0.5) is 20.5 Å². The number of alkyl halides is 2. The first kappa shape index (κ1) is 13.4. The molecule has 0 aliphatic rings. The number of nitrogens with two attached hydrogens (primary N) is 1. The number of anilines is 2. The Morgan fingerprint density at radius 1 is 1.26 bits per heavy atom. The fraction of sp³-hybridized carbons (Fsp3) is 0.273. The molecule has 2 rings (SSSR count). The number of aliphatic hydroxyl groups is 1. The second-order valence-corrected chi connectivity index (χ2v) is 3.92. The van der Waals surface area contributed by atoms with Gasteiger partial charge in [0.1, 0.15) is 12.4 Å². The van der Waals surface area contributed by atoms with E-state index >= 15 is 0 Å². The molecule has 0 radical (unpaired) electrons. The molecule has 0 fully saturated rings. The van der Waals surface area contributed by atoms with E-state index in [1.807, 2.05) is 0 Å². The Kier molecular flexibility index (Phi) is 3.72. The zero-order valence-electron chi connectivity index (χ0n) is 9.90. The van der Waals surface area contributed by atoms with Crippen LogP contribution in [-0.4, -0.2) is 34.1 Å². The van der Waals surface area contributed by atoms with Gasteiger partial charge in [0.05, 0.1) is 12.1 Å². The summed E-state index contributed by atoms with van der Waals surface area (Å²) >= 11 is 0. The van der Waals surface area contributed by atoms with Gasteiger partial charge in [0, 0.05) is 5.39 Å². The van der Waals surface area contributed by atoms with Gasteiger partial charge in [0.25, 0.3) is 5.92 Å². The highest BCUT2D eigenvalue weighted by atomic mass is 19.3. The van der Waals surface area contributed by atoms with Crippen molar-refractivity contribution in [3.63, 3.8) is 0 Å². The highest BCUT2D eigenvalue weighted by molar-refractivity contribution is 5.89. The third kappa shape index (κ3) is 3.04. The van der Waals surface area contributed by atoms with E-state index in [0.29, 0.717) is 10.9 Å². The third-order valence-electron chi connectivity index (χ3n) is 2.48. The summed E-state index contributed by atoms with van der Waals surface area (Å²) in [6.45, 7) is -1.96. The maximum absolute atomic E-state index is 13.0. The van der Waals surface area contributed by atoms with E-state index in [0.717, 1.165) is 0 Å². The first-order chi connectivity index (χ1) is 9.05. The molecular formula is C11H13F2N5O. The van der Waals surface area contributed by atoms with Gasteiger partial charge in [-0.25, -0.2) is 19.6 Å². The Morgan fingerprint density at radius 3 is 2.68 bits per heavy atom. The average Bonchev–Trinajstić information content (AvgIpc) is 2.44. The van der Waals surface area contributed by atoms with Gasteiger partial charge >= 0.3 is 0 Å². The van der Waals surface area contributed by atoms with Crippen LogP contribution in [0.25, 0.3) is 10.9 Å². The number of nitrogens with one attached hydrogen (secondary N) is 2. The van der Waals surface area contributed by atoms with Crippen molar-refractivity contribution >= 4 is 22.7 Å². The molecule has 1 aromatic carbocycles. The molecule has 0 saturated carbocycles. The van der Waals surface area contributed by atoms with Gasteiger partial charge in [-0.15, -0.1) is 0 Å². The molecule has 0 bridgehead atoms. The molecule has 0 atom stereocenters. The zero-order chi connectivity index (χ0) is 13.9. The quantitative estimate of drug-likeness (QED) is 0.477. The number of hydrazine groups is 1. The van der Waals surface area contributed by atoms with Gasteiger partial charge < -0.3 is 10.4 Å². The number of aromatic nitrogens is 2. The van der Waals surface area contributed by atoms with Gasteiger partial charge in [-0.1, -0.05) is 12.1 Å². The average molecular weight is 269 g/mol. The van der Waals surface area contributed by atoms with E-state index in [4.69, 9.17) is 10.9 Å². The second kappa shape index (κ2) is 5.29. The molecule has 0 aliphatic carbocycles. The van der Waals surface area contributed by atoms with Crippen LogP contribution in [0, 0.1) is 0 Å². The number of hydrogen-bond acceptors (Lipinski definition) is 6. The number of nitrogen functional groups attached to an aromatic ring is 1. The summed E-state index contributed by atoms with van der Waals surface area (Å²) in [5.74, 6) is 2.35. The topological polar surface area (TPSA) is 96.1 Å². The largest absolute Gasteiger partial charge is 0.390 e. The van der Waals surface area contributed by atoms with Crippen molar-refractivity contribution in [1.29, 1.82) is 0 Å². The van der Waals surface area contributed by atoms with Gasteiger partial charge in [0.15, 0.2) is 0 Å². The van der Waals surface area contributed by atoms with E-state index in [-0.39, 0.29) is 11.8 Å². The molecule has 1 aromatic heterocycles. The maximum atomic E-state index is 13.0. The molecule has 0 saturated heterocycles. The maximum Gasteiger partial charge on any atom is 0.287 e. The number of fused-ring (bicyclic) bond motifs is 1. The smallest absolute Gasteiger partial charge is 0.287 e. The molecule has 8 heteroatoms. The fourth-order valence-corrected chi connectivity index (χ4v) is 1.54. The summed E-state index contributed by atoms with van der Waals surface area (Å²) < 4.78 is 26.0. The first-order valence-corrected chi connectivity index (χ1v) is 5.52. The van der Waals surface area contributed by atoms with Crippen LogP contribution >= 0.6 is 0 Å². The first-order valence-electron chi connectivity index (χ1n) is 5.52. The summed E-state index contributed by atoms with van der Waals surface area (Å²) in [5.41, 5.74) is 2.84. The number of rotatable bonds is 5. The van der Waals surface area contributed by atoms with Crippen molar-refractivity contribution in [3.05, 3.63) is 24.3 Å². The molecule has 0 unspecified atom stereocenters. The molecule has 2 aromatic rings. The normalized spacial score (nSPS) is 11.6. The van der Waals surface area contributed by atoms with Gasteiger partial charge in [-0.05, 0) is 12.1 Å². The number of benzene rings is 1. The van der Waals surface area contributed by atoms with E-state index < -0.39 is 19.1 Å². The fourth-order valence-electron chi connectivity index (χ4n) is 1.54. The van der Waals surface area contributed by atoms with Crippen LogP contribution in [0.5, 0.6) is 0 Å². The second-order valence-electron chi connectivity index (χ2n) is 3.92. The van der Waals surface area contributed by atoms with Crippen molar-refractivity contribution in [1.82, 2.24) is 9.97 Å². The molecule has 0 aliphatic heterocycles. The minimum atomic E-state index is -3.22. The van der Waals surface area contributed by atoms with Crippen molar-refractivity contribution in [2.45, 2.75) is 5.92 Å². The Balaban J connectivity index is 2.35.